The Morgan fingerprint density at radius 1 is 1.00 bits per heavy atom. The van der Waals surface area contributed by atoms with Gasteiger partial charge in [-0.3, -0.25) is 4.79 Å². The highest BCUT2D eigenvalue weighted by atomic mass is 79.9. The molecule has 3 aromatic rings. The second kappa shape index (κ2) is 10.1. The van der Waals surface area contributed by atoms with Crippen molar-refractivity contribution in [3.8, 4) is 17.9 Å². The minimum atomic E-state index is -0.510. The molecule has 0 spiro atoms. The average molecular weight is 458 g/mol. The maximum atomic E-state index is 12.5. The number of rotatable bonds is 6. The normalized spacial score (nSPS) is 10.6. The number of hydrogen-bond acceptors (Lipinski definition) is 4. The van der Waals surface area contributed by atoms with Gasteiger partial charge in [0.1, 0.15) is 24.0 Å². The van der Waals surface area contributed by atoms with E-state index < -0.39 is 5.91 Å². The number of halogens is 1. The summed E-state index contributed by atoms with van der Waals surface area (Å²) in [5.74, 6) is -0.00103. The van der Waals surface area contributed by atoms with E-state index in [0.717, 1.165) is 10.0 Å². The fourth-order valence-electron chi connectivity index (χ4n) is 2.68. The van der Waals surface area contributed by atoms with Crippen LogP contribution < -0.4 is 10.1 Å². The number of benzene rings is 3. The molecule has 146 valence electrons. The van der Waals surface area contributed by atoms with Crippen molar-refractivity contribution in [3.63, 3.8) is 0 Å². The second-order valence-corrected chi connectivity index (χ2v) is 7.14. The van der Waals surface area contributed by atoms with Crippen LogP contribution >= 0.6 is 15.9 Å². The Labute approximate surface area is 183 Å². The van der Waals surface area contributed by atoms with Crippen molar-refractivity contribution in [1.29, 1.82) is 10.5 Å². The number of nitriles is 2. The van der Waals surface area contributed by atoms with Crippen molar-refractivity contribution in [1.82, 2.24) is 0 Å². The van der Waals surface area contributed by atoms with E-state index in [1.807, 2.05) is 18.2 Å². The van der Waals surface area contributed by atoms with Crippen LogP contribution in [0.15, 0.2) is 82.8 Å². The van der Waals surface area contributed by atoms with Crippen LogP contribution in [0.3, 0.4) is 0 Å². The van der Waals surface area contributed by atoms with Crippen LogP contribution in [-0.2, 0) is 11.4 Å². The van der Waals surface area contributed by atoms with Gasteiger partial charge in [0.2, 0.25) is 0 Å². The molecular formula is C24H16BrN3O2. The standard InChI is InChI=1S/C24H16BrN3O2/c25-21-9-11-22(12-10-21)28-24(29)20(15-27)13-17-5-3-4-8-23(17)30-16-19-7-2-1-6-18(19)14-26/h1-13H,16H2,(H,28,29)/b20-13+. The predicted octanol–water partition coefficient (Wildman–Crippen LogP) is 5.45. The number of carbonyl (C=O) groups is 1. The first-order valence-corrected chi connectivity index (χ1v) is 9.78. The lowest BCUT2D eigenvalue weighted by Gasteiger charge is -2.11. The zero-order chi connectivity index (χ0) is 21.3. The van der Waals surface area contributed by atoms with Crippen molar-refractivity contribution in [2.75, 3.05) is 5.32 Å². The molecule has 0 aliphatic carbocycles. The van der Waals surface area contributed by atoms with Crippen LogP contribution in [0.2, 0.25) is 0 Å². The number of nitrogens with zero attached hydrogens (tertiary/aromatic N) is 2. The number of anilines is 1. The van der Waals surface area contributed by atoms with Crippen molar-refractivity contribution < 1.29 is 9.53 Å². The molecular weight excluding hydrogens is 442 g/mol. The Bertz CT molecular complexity index is 1170. The van der Waals surface area contributed by atoms with Gasteiger partial charge in [-0.05, 0) is 42.5 Å². The van der Waals surface area contributed by atoms with E-state index >= 15 is 0 Å². The Kier molecular flexibility index (Phi) is 7.00. The number of ether oxygens (including phenoxy) is 1. The van der Waals surface area contributed by atoms with Gasteiger partial charge in [-0.2, -0.15) is 10.5 Å². The van der Waals surface area contributed by atoms with Crippen LogP contribution in [-0.4, -0.2) is 5.91 Å². The number of nitrogens with one attached hydrogen (secondary N) is 1. The minimum Gasteiger partial charge on any atom is -0.488 e. The van der Waals surface area contributed by atoms with Gasteiger partial charge in [0.25, 0.3) is 5.91 Å². The zero-order valence-corrected chi connectivity index (χ0v) is 17.4. The summed E-state index contributed by atoms with van der Waals surface area (Å²) in [4.78, 5) is 12.5. The van der Waals surface area contributed by atoms with E-state index in [1.54, 1.807) is 60.7 Å². The first-order valence-electron chi connectivity index (χ1n) is 8.99. The zero-order valence-electron chi connectivity index (χ0n) is 15.8. The quantitative estimate of drug-likeness (QED) is 0.394. The van der Waals surface area contributed by atoms with E-state index in [2.05, 4.69) is 27.3 Å². The van der Waals surface area contributed by atoms with Gasteiger partial charge in [0, 0.05) is 21.3 Å². The van der Waals surface area contributed by atoms with Gasteiger partial charge < -0.3 is 10.1 Å². The molecule has 0 atom stereocenters. The Morgan fingerprint density at radius 3 is 2.43 bits per heavy atom. The summed E-state index contributed by atoms with van der Waals surface area (Å²) in [5, 5.41) is 21.4. The fraction of sp³-hybridized carbons (Fsp3) is 0.0417. The SMILES string of the molecule is N#C/C(=C\c1ccccc1OCc1ccccc1C#N)C(=O)Nc1ccc(Br)cc1. The van der Waals surface area contributed by atoms with Crippen molar-refractivity contribution >= 4 is 33.6 Å². The minimum absolute atomic E-state index is 0.0496. The topological polar surface area (TPSA) is 85.9 Å². The third-order valence-electron chi connectivity index (χ3n) is 4.21. The van der Waals surface area contributed by atoms with Gasteiger partial charge in [0.15, 0.2) is 0 Å². The Hall–Kier alpha value is -3.87. The monoisotopic (exact) mass is 457 g/mol. The van der Waals surface area contributed by atoms with Gasteiger partial charge in [-0.15, -0.1) is 0 Å². The molecule has 0 saturated carbocycles. The van der Waals surface area contributed by atoms with Crippen LogP contribution in [0.25, 0.3) is 6.08 Å². The van der Waals surface area contributed by atoms with E-state index in [4.69, 9.17) is 4.74 Å². The molecule has 1 N–H and O–H groups in total. The number of para-hydroxylation sites is 1. The summed E-state index contributed by atoms with van der Waals surface area (Å²) >= 11 is 3.34. The van der Waals surface area contributed by atoms with E-state index in [-0.39, 0.29) is 12.2 Å². The highest BCUT2D eigenvalue weighted by Crippen LogP contribution is 2.23. The summed E-state index contributed by atoms with van der Waals surface area (Å²) in [6, 6.07) is 25.4. The third-order valence-corrected chi connectivity index (χ3v) is 4.74. The molecule has 0 saturated heterocycles. The molecule has 0 radical (unpaired) electrons. The average Bonchev–Trinajstić information content (AvgIpc) is 2.78. The van der Waals surface area contributed by atoms with Crippen LogP contribution in [0.5, 0.6) is 5.75 Å². The summed E-state index contributed by atoms with van der Waals surface area (Å²) in [6.07, 6.45) is 1.49. The van der Waals surface area contributed by atoms with E-state index in [9.17, 15) is 15.3 Å². The van der Waals surface area contributed by atoms with Gasteiger partial charge in [-0.1, -0.05) is 52.3 Å². The van der Waals surface area contributed by atoms with Gasteiger partial charge in [0.05, 0.1) is 11.6 Å². The van der Waals surface area contributed by atoms with E-state index in [1.165, 1.54) is 6.08 Å². The number of amides is 1. The Balaban J connectivity index is 1.80. The van der Waals surface area contributed by atoms with E-state index in [0.29, 0.717) is 22.6 Å². The largest absolute Gasteiger partial charge is 0.488 e. The highest BCUT2D eigenvalue weighted by molar-refractivity contribution is 9.10. The van der Waals surface area contributed by atoms with Crippen molar-refractivity contribution in [2.45, 2.75) is 6.61 Å². The summed E-state index contributed by atoms with van der Waals surface area (Å²) in [7, 11) is 0. The predicted molar refractivity (Wildman–Crippen MR) is 118 cm³/mol. The molecule has 0 aromatic heterocycles. The van der Waals surface area contributed by atoms with Crippen LogP contribution in [0, 0.1) is 22.7 Å². The lowest BCUT2D eigenvalue weighted by Crippen LogP contribution is -2.13. The van der Waals surface area contributed by atoms with Gasteiger partial charge >= 0.3 is 0 Å². The second-order valence-electron chi connectivity index (χ2n) is 6.23. The van der Waals surface area contributed by atoms with Gasteiger partial charge in [-0.25, -0.2) is 0 Å². The maximum Gasteiger partial charge on any atom is 0.266 e. The molecule has 0 aliphatic rings. The Morgan fingerprint density at radius 2 is 1.70 bits per heavy atom. The molecule has 5 nitrogen and oxygen atoms in total. The molecule has 0 heterocycles. The molecule has 3 aromatic carbocycles. The van der Waals surface area contributed by atoms with Crippen molar-refractivity contribution in [3.05, 3.63) is 99.5 Å². The molecule has 0 unspecified atom stereocenters. The maximum absolute atomic E-state index is 12.5. The summed E-state index contributed by atoms with van der Waals surface area (Å²) in [6.45, 7) is 0.196. The molecule has 6 heteroatoms. The summed E-state index contributed by atoms with van der Waals surface area (Å²) < 4.78 is 6.77. The lowest BCUT2D eigenvalue weighted by molar-refractivity contribution is -0.112. The molecule has 0 aliphatic heterocycles. The highest BCUT2D eigenvalue weighted by Gasteiger charge is 2.12. The van der Waals surface area contributed by atoms with Crippen LogP contribution in [0.4, 0.5) is 5.69 Å². The first kappa shape index (κ1) is 20.9. The van der Waals surface area contributed by atoms with Crippen LogP contribution in [0.1, 0.15) is 16.7 Å². The molecule has 0 bridgehead atoms. The summed E-state index contributed by atoms with van der Waals surface area (Å²) in [5.41, 5.74) is 2.42. The molecule has 1 amide bonds. The third kappa shape index (κ3) is 5.35. The molecule has 0 fully saturated rings. The lowest BCUT2D eigenvalue weighted by atomic mass is 10.1. The molecule has 3 rings (SSSR count). The first-order chi connectivity index (χ1) is 14.6. The fourth-order valence-corrected chi connectivity index (χ4v) is 2.94. The number of hydrogen-bond donors (Lipinski definition) is 1. The molecule has 30 heavy (non-hydrogen) atoms. The van der Waals surface area contributed by atoms with Crippen molar-refractivity contribution in [2.24, 2.45) is 0 Å². The smallest absolute Gasteiger partial charge is 0.266 e. The number of carbonyl (C=O) groups excluding carboxylic acids is 1.